The van der Waals surface area contributed by atoms with Crippen molar-refractivity contribution in [3.8, 4) is 17.2 Å². The summed E-state index contributed by atoms with van der Waals surface area (Å²) in [5, 5.41) is 3.64. The summed E-state index contributed by atoms with van der Waals surface area (Å²) in [5.41, 5.74) is 1.70. The molecule has 0 saturated carbocycles. The van der Waals surface area contributed by atoms with Gasteiger partial charge in [-0.1, -0.05) is 43.1 Å². The van der Waals surface area contributed by atoms with Crippen LogP contribution in [-0.2, 0) is 21.4 Å². The summed E-state index contributed by atoms with van der Waals surface area (Å²) in [4.78, 5) is 12.5. The number of halogens is 2. The molecule has 1 aliphatic heterocycles. The number of sulfonamides is 1. The quantitative estimate of drug-likeness (QED) is 0.388. The SMILES string of the molecule is COc1ccc(Oc2c(Cl)ccc(CNC(=O)CCC3CCN(S(C)(=O)=O)CC3)c2Cl)cc1C(C)C. The fraction of sp³-hybridized carbons (Fsp3) is 0.500. The number of amides is 1. The van der Waals surface area contributed by atoms with Crippen molar-refractivity contribution >= 4 is 39.1 Å². The van der Waals surface area contributed by atoms with E-state index < -0.39 is 10.0 Å². The molecule has 2 aromatic rings. The van der Waals surface area contributed by atoms with Crippen LogP contribution >= 0.6 is 23.2 Å². The lowest BCUT2D eigenvalue weighted by atomic mass is 9.93. The van der Waals surface area contributed by atoms with Crippen LogP contribution in [0.5, 0.6) is 17.2 Å². The van der Waals surface area contributed by atoms with Gasteiger partial charge in [0.1, 0.15) is 11.5 Å². The zero-order valence-corrected chi connectivity index (χ0v) is 23.5. The van der Waals surface area contributed by atoms with Gasteiger partial charge in [0.05, 0.1) is 23.4 Å². The molecular formula is C26H34Cl2N2O5S. The Morgan fingerprint density at radius 3 is 2.47 bits per heavy atom. The summed E-state index contributed by atoms with van der Waals surface area (Å²) in [5.74, 6) is 2.21. The number of hydrogen-bond acceptors (Lipinski definition) is 5. The summed E-state index contributed by atoms with van der Waals surface area (Å²) >= 11 is 13.0. The Labute approximate surface area is 224 Å². The van der Waals surface area contributed by atoms with Gasteiger partial charge in [0.25, 0.3) is 0 Å². The second-order valence-electron chi connectivity index (χ2n) is 9.43. The third kappa shape index (κ3) is 7.51. The van der Waals surface area contributed by atoms with Gasteiger partial charge in [-0.3, -0.25) is 4.79 Å². The van der Waals surface area contributed by atoms with E-state index in [1.54, 1.807) is 25.3 Å². The highest BCUT2D eigenvalue weighted by molar-refractivity contribution is 7.88. The third-order valence-corrected chi connectivity index (χ3v) is 8.49. The van der Waals surface area contributed by atoms with Crippen molar-refractivity contribution in [3.05, 3.63) is 51.5 Å². The van der Waals surface area contributed by atoms with E-state index in [2.05, 4.69) is 19.2 Å². The second kappa shape index (κ2) is 12.5. The van der Waals surface area contributed by atoms with Gasteiger partial charge in [-0.05, 0) is 60.9 Å². The Kier molecular flexibility index (Phi) is 9.92. The fourth-order valence-corrected chi connectivity index (χ4v) is 5.68. The van der Waals surface area contributed by atoms with Crippen molar-refractivity contribution < 1.29 is 22.7 Å². The standard InChI is InChI=1S/C26H34Cl2N2O5S/c1-17(2)21-15-20(7-9-23(21)34-3)35-26-22(27)8-6-19(25(26)28)16-29-24(31)10-5-18-11-13-30(14-12-18)36(4,32)33/h6-9,15,17-18H,5,10-14,16H2,1-4H3,(H,29,31). The predicted molar refractivity (Wildman–Crippen MR) is 144 cm³/mol. The molecule has 36 heavy (non-hydrogen) atoms. The highest BCUT2D eigenvalue weighted by Gasteiger charge is 2.25. The molecule has 0 spiro atoms. The lowest BCUT2D eigenvalue weighted by Crippen LogP contribution is -2.38. The summed E-state index contributed by atoms with van der Waals surface area (Å²) < 4.78 is 36.3. The average molecular weight is 558 g/mol. The van der Waals surface area contributed by atoms with Crippen molar-refractivity contribution in [3.63, 3.8) is 0 Å². The number of rotatable bonds is 10. The molecule has 0 aliphatic carbocycles. The molecule has 1 amide bonds. The highest BCUT2D eigenvalue weighted by atomic mass is 35.5. The van der Waals surface area contributed by atoms with E-state index in [1.165, 1.54) is 10.6 Å². The maximum Gasteiger partial charge on any atom is 0.220 e. The second-order valence-corrected chi connectivity index (χ2v) is 12.2. The lowest BCUT2D eigenvalue weighted by molar-refractivity contribution is -0.121. The van der Waals surface area contributed by atoms with Crippen LogP contribution in [0.3, 0.4) is 0 Å². The summed E-state index contributed by atoms with van der Waals surface area (Å²) in [7, 11) is -1.51. The predicted octanol–water partition coefficient (Wildman–Crippen LogP) is 5.99. The van der Waals surface area contributed by atoms with Gasteiger partial charge in [0.2, 0.25) is 15.9 Å². The van der Waals surface area contributed by atoms with E-state index in [0.717, 1.165) is 30.6 Å². The lowest BCUT2D eigenvalue weighted by Gasteiger charge is -2.30. The van der Waals surface area contributed by atoms with Crippen molar-refractivity contribution in [2.75, 3.05) is 26.5 Å². The Morgan fingerprint density at radius 1 is 1.17 bits per heavy atom. The van der Waals surface area contributed by atoms with Gasteiger partial charge in [0.15, 0.2) is 5.75 Å². The van der Waals surface area contributed by atoms with Crippen LogP contribution in [0.25, 0.3) is 0 Å². The first-order valence-electron chi connectivity index (χ1n) is 12.0. The van der Waals surface area contributed by atoms with Crippen LogP contribution < -0.4 is 14.8 Å². The van der Waals surface area contributed by atoms with Crippen LogP contribution in [0, 0.1) is 5.92 Å². The fourth-order valence-electron chi connectivity index (χ4n) is 4.30. The molecule has 0 aromatic heterocycles. The Balaban J connectivity index is 1.58. The summed E-state index contributed by atoms with van der Waals surface area (Å²) in [6.07, 6.45) is 3.88. The number of carbonyl (C=O) groups is 1. The van der Waals surface area contributed by atoms with Crippen molar-refractivity contribution in [1.29, 1.82) is 0 Å². The number of carbonyl (C=O) groups excluding carboxylic acids is 1. The smallest absolute Gasteiger partial charge is 0.220 e. The molecule has 1 aliphatic rings. The first-order valence-corrected chi connectivity index (χ1v) is 14.6. The molecule has 1 N–H and O–H groups in total. The van der Waals surface area contributed by atoms with E-state index in [1.807, 2.05) is 12.1 Å². The molecular weight excluding hydrogens is 523 g/mol. The molecule has 10 heteroatoms. The highest BCUT2D eigenvalue weighted by Crippen LogP contribution is 2.40. The summed E-state index contributed by atoms with van der Waals surface area (Å²) in [6, 6.07) is 9.03. The number of ether oxygens (including phenoxy) is 2. The number of methoxy groups -OCH3 is 1. The molecule has 1 heterocycles. The number of hydrogen-bond donors (Lipinski definition) is 1. The number of piperidine rings is 1. The Bertz CT molecular complexity index is 1180. The van der Waals surface area contributed by atoms with Gasteiger partial charge in [-0.15, -0.1) is 0 Å². The monoisotopic (exact) mass is 556 g/mol. The van der Waals surface area contributed by atoms with Crippen LogP contribution in [-0.4, -0.2) is 45.1 Å². The maximum absolute atomic E-state index is 12.5. The Morgan fingerprint density at radius 2 is 1.86 bits per heavy atom. The molecule has 7 nitrogen and oxygen atoms in total. The Hall–Kier alpha value is -2.00. The summed E-state index contributed by atoms with van der Waals surface area (Å²) in [6.45, 7) is 5.42. The van der Waals surface area contributed by atoms with Crippen molar-refractivity contribution in [2.45, 2.75) is 52.0 Å². The first-order chi connectivity index (χ1) is 17.0. The molecule has 0 atom stereocenters. The largest absolute Gasteiger partial charge is 0.496 e. The average Bonchev–Trinajstić information content (AvgIpc) is 2.84. The minimum atomic E-state index is -3.14. The van der Waals surface area contributed by atoms with E-state index in [9.17, 15) is 13.2 Å². The third-order valence-electron chi connectivity index (χ3n) is 6.47. The minimum Gasteiger partial charge on any atom is -0.496 e. The van der Waals surface area contributed by atoms with E-state index >= 15 is 0 Å². The zero-order valence-electron chi connectivity index (χ0n) is 21.1. The van der Waals surface area contributed by atoms with Gasteiger partial charge >= 0.3 is 0 Å². The van der Waals surface area contributed by atoms with Crippen LogP contribution in [0.4, 0.5) is 0 Å². The zero-order chi connectivity index (χ0) is 26.5. The van der Waals surface area contributed by atoms with Crippen LogP contribution in [0.15, 0.2) is 30.3 Å². The van der Waals surface area contributed by atoms with E-state index in [4.69, 9.17) is 32.7 Å². The number of nitrogens with one attached hydrogen (secondary N) is 1. The maximum atomic E-state index is 12.5. The molecule has 1 fully saturated rings. The molecule has 2 aromatic carbocycles. The van der Waals surface area contributed by atoms with Crippen molar-refractivity contribution in [2.24, 2.45) is 5.92 Å². The molecule has 3 rings (SSSR count). The van der Waals surface area contributed by atoms with E-state index in [0.29, 0.717) is 52.5 Å². The van der Waals surface area contributed by atoms with Gasteiger partial charge in [-0.2, -0.15) is 0 Å². The normalized spacial score (nSPS) is 15.2. The molecule has 1 saturated heterocycles. The molecule has 0 unspecified atom stereocenters. The molecule has 198 valence electrons. The minimum absolute atomic E-state index is 0.0780. The topological polar surface area (TPSA) is 84.9 Å². The molecule has 0 bridgehead atoms. The van der Waals surface area contributed by atoms with Crippen LogP contribution in [0.1, 0.15) is 56.6 Å². The van der Waals surface area contributed by atoms with Crippen molar-refractivity contribution in [1.82, 2.24) is 9.62 Å². The van der Waals surface area contributed by atoms with Crippen LogP contribution in [0.2, 0.25) is 10.0 Å². The number of benzene rings is 2. The van der Waals surface area contributed by atoms with Gasteiger partial charge < -0.3 is 14.8 Å². The van der Waals surface area contributed by atoms with E-state index in [-0.39, 0.29) is 18.4 Å². The van der Waals surface area contributed by atoms with Gasteiger partial charge in [0, 0.05) is 31.6 Å². The molecule has 0 radical (unpaired) electrons. The number of nitrogens with zero attached hydrogens (tertiary/aromatic N) is 1. The first kappa shape index (κ1) is 28.6. The van der Waals surface area contributed by atoms with Gasteiger partial charge in [-0.25, -0.2) is 12.7 Å².